The van der Waals surface area contributed by atoms with Gasteiger partial charge in [-0.25, -0.2) is 4.98 Å². The maximum Gasteiger partial charge on any atom is 0.260 e. The van der Waals surface area contributed by atoms with Crippen LogP contribution in [0.1, 0.15) is 11.4 Å². The summed E-state index contributed by atoms with van der Waals surface area (Å²) in [7, 11) is 1.89. The first kappa shape index (κ1) is 13.6. The van der Waals surface area contributed by atoms with Gasteiger partial charge in [0.2, 0.25) is 0 Å². The van der Waals surface area contributed by atoms with E-state index in [-0.39, 0.29) is 5.56 Å². The fourth-order valence-corrected chi connectivity index (χ4v) is 2.76. The summed E-state index contributed by atoms with van der Waals surface area (Å²) in [4.78, 5) is 19.5. The lowest BCUT2D eigenvalue weighted by Crippen LogP contribution is -2.12. The molecule has 0 bridgehead atoms. The Morgan fingerprint density at radius 1 is 1.04 bits per heavy atom. The summed E-state index contributed by atoms with van der Waals surface area (Å²) in [6.07, 6.45) is 6.47. The van der Waals surface area contributed by atoms with Gasteiger partial charge in [-0.3, -0.25) is 4.79 Å². The standard InChI is InChI=1S/C18H16N4O/c1-21-11-8-15-17(21)19-16(20-18(15)23)12-13-4-6-14(7-5-13)22-9-2-3-10-22/h2-11H,12H2,1H3,(H,19,20,23). The Morgan fingerprint density at radius 3 is 2.52 bits per heavy atom. The largest absolute Gasteiger partial charge is 0.335 e. The minimum atomic E-state index is -0.0884. The molecule has 0 atom stereocenters. The third-order valence-corrected chi connectivity index (χ3v) is 3.99. The van der Waals surface area contributed by atoms with Gasteiger partial charge in [-0.2, -0.15) is 0 Å². The Hall–Kier alpha value is -3.08. The monoisotopic (exact) mass is 304 g/mol. The van der Waals surface area contributed by atoms with Crippen LogP contribution in [0.2, 0.25) is 0 Å². The van der Waals surface area contributed by atoms with Gasteiger partial charge < -0.3 is 14.1 Å². The molecule has 0 radical (unpaired) electrons. The minimum Gasteiger partial charge on any atom is -0.335 e. The van der Waals surface area contributed by atoms with E-state index in [2.05, 4.69) is 38.8 Å². The molecule has 0 unspecified atom stereocenters. The van der Waals surface area contributed by atoms with Crippen LogP contribution < -0.4 is 5.56 Å². The summed E-state index contributed by atoms with van der Waals surface area (Å²) < 4.78 is 3.92. The first-order valence-corrected chi connectivity index (χ1v) is 7.47. The number of hydrogen-bond acceptors (Lipinski definition) is 2. The van der Waals surface area contributed by atoms with Crippen LogP contribution >= 0.6 is 0 Å². The highest BCUT2D eigenvalue weighted by Gasteiger charge is 2.07. The summed E-state index contributed by atoms with van der Waals surface area (Å²) >= 11 is 0. The van der Waals surface area contributed by atoms with Gasteiger partial charge >= 0.3 is 0 Å². The number of fused-ring (bicyclic) bond motifs is 1. The maximum atomic E-state index is 12.1. The van der Waals surface area contributed by atoms with Crippen molar-refractivity contribution in [3.8, 4) is 5.69 Å². The Kier molecular flexibility index (Phi) is 3.12. The molecule has 0 amide bonds. The molecule has 1 aromatic carbocycles. The summed E-state index contributed by atoms with van der Waals surface area (Å²) in [6, 6.07) is 14.0. The van der Waals surface area contributed by atoms with E-state index in [1.165, 1.54) is 0 Å². The topological polar surface area (TPSA) is 55.6 Å². The van der Waals surface area contributed by atoms with E-state index in [1.54, 1.807) is 6.07 Å². The lowest BCUT2D eigenvalue weighted by molar-refractivity contribution is 0.907. The number of nitrogens with one attached hydrogen (secondary N) is 1. The number of benzene rings is 1. The molecular weight excluding hydrogens is 288 g/mol. The van der Waals surface area contributed by atoms with E-state index in [9.17, 15) is 4.79 Å². The molecule has 0 spiro atoms. The Labute approximate surface area is 132 Å². The zero-order chi connectivity index (χ0) is 15.8. The van der Waals surface area contributed by atoms with Crippen LogP contribution in [0.25, 0.3) is 16.7 Å². The van der Waals surface area contributed by atoms with E-state index in [4.69, 9.17) is 0 Å². The van der Waals surface area contributed by atoms with E-state index >= 15 is 0 Å². The molecule has 1 N–H and O–H groups in total. The summed E-state index contributed by atoms with van der Waals surface area (Å²) in [5.41, 5.74) is 2.85. The van der Waals surface area contributed by atoms with Gasteiger partial charge in [-0.05, 0) is 35.9 Å². The molecule has 5 heteroatoms. The van der Waals surface area contributed by atoms with Crippen LogP contribution in [0.4, 0.5) is 0 Å². The molecule has 0 saturated carbocycles. The smallest absolute Gasteiger partial charge is 0.260 e. The van der Waals surface area contributed by atoms with Gasteiger partial charge in [0, 0.05) is 37.7 Å². The molecule has 5 nitrogen and oxygen atoms in total. The highest BCUT2D eigenvalue weighted by molar-refractivity contribution is 5.74. The number of aromatic nitrogens is 4. The molecular formula is C18H16N4O. The maximum absolute atomic E-state index is 12.1. The van der Waals surface area contributed by atoms with Gasteiger partial charge in [-0.15, -0.1) is 0 Å². The van der Waals surface area contributed by atoms with E-state index in [0.717, 1.165) is 11.3 Å². The Bertz CT molecular complexity index is 1010. The number of aromatic amines is 1. The zero-order valence-corrected chi connectivity index (χ0v) is 12.7. The summed E-state index contributed by atoms with van der Waals surface area (Å²) in [5.74, 6) is 0.679. The number of aryl methyl sites for hydroxylation is 1. The lowest BCUT2D eigenvalue weighted by atomic mass is 10.1. The zero-order valence-electron chi connectivity index (χ0n) is 12.7. The van der Waals surface area contributed by atoms with Gasteiger partial charge in [0.25, 0.3) is 5.56 Å². The van der Waals surface area contributed by atoms with Crippen LogP contribution in [0.15, 0.2) is 65.8 Å². The fraction of sp³-hybridized carbons (Fsp3) is 0.111. The van der Waals surface area contributed by atoms with E-state index in [0.29, 0.717) is 23.3 Å². The molecule has 0 saturated heterocycles. The van der Waals surface area contributed by atoms with Crippen molar-refractivity contribution in [3.63, 3.8) is 0 Å². The first-order valence-electron chi connectivity index (χ1n) is 7.47. The van der Waals surface area contributed by atoms with Crippen LogP contribution in [-0.4, -0.2) is 19.1 Å². The van der Waals surface area contributed by atoms with Gasteiger partial charge in [0.05, 0.1) is 5.39 Å². The Morgan fingerprint density at radius 2 is 1.78 bits per heavy atom. The van der Waals surface area contributed by atoms with Crippen LogP contribution in [0.5, 0.6) is 0 Å². The third kappa shape index (κ3) is 2.46. The molecule has 0 aliphatic heterocycles. The SMILES string of the molecule is Cn1ccc2c(=O)[nH]c(Cc3ccc(-n4cccc4)cc3)nc21. The number of H-pyrrole nitrogens is 1. The molecule has 4 aromatic rings. The summed E-state index contributed by atoms with van der Waals surface area (Å²) in [5, 5.41) is 0.624. The minimum absolute atomic E-state index is 0.0884. The number of rotatable bonds is 3. The van der Waals surface area contributed by atoms with Gasteiger partial charge in [0.15, 0.2) is 0 Å². The molecule has 3 aromatic heterocycles. The molecule has 0 aliphatic rings. The van der Waals surface area contributed by atoms with Crippen molar-refractivity contribution >= 4 is 11.0 Å². The molecule has 114 valence electrons. The van der Waals surface area contributed by atoms with Crippen molar-refractivity contribution in [2.45, 2.75) is 6.42 Å². The van der Waals surface area contributed by atoms with E-state index in [1.807, 2.05) is 42.3 Å². The van der Waals surface area contributed by atoms with Gasteiger partial charge in [0.1, 0.15) is 11.5 Å². The van der Waals surface area contributed by atoms with Crippen LogP contribution in [0, 0.1) is 0 Å². The number of hydrogen-bond donors (Lipinski definition) is 1. The molecule has 3 heterocycles. The van der Waals surface area contributed by atoms with Crippen LogP contribution in [0.3, 0.4) is 0 Å². The van der Waals surface area contributed by atoms with E-state index < -0.39 is 0 Å². The molecule has 23 heavy (non-hydrogen) atoms. The Balaban J connectivity index is 1.65. The average molecular weight is 304 g/mol. The molecule has 4 rings (SSSR count). The predicted octanol–water partition coefficient (Wildman–Crippen LogP) is 2.64. The van der Waals surface area contributed by atoms with Crippen molar-refractivity contribution < 1.29 is 0 Å². The highest BCUT2D eigenvalue weighted by Crippen LogP contribution is 2.13. The highest BCUT2D eigenvalue weighted by atomic mass is 16.1. The molecule has 0 aliphatic carbocycles. The van der Waals surface area contributed by atoms with Crippen molar-refractivity contribution in [3.05, 3.63) is 82.8 Å². The van der Waals surface area contributed by atoms with Crippen molar-refractivity contribution in [1.29, 1.82) is 0 Å². The quantitative estimate of drug-likeness (QED) is 0.632. The predicted molar refractivity (Wildman–Crippen MR) is 89.9 cm³/mol. The second-order valence-electron chi connectivity index (χ2n) is 5.61. The molecule has 0 fully saturated rings. The van der Waals surface area contributed by atoms with Crippen molar-refractivity contribution in [1.82, 2.24) is 19.1 Å². The number of nitrogens with zero attached hydrogens (tertiary/aromatic N) is 3. The van der Waals surface area contributed by atoms with Crippen molar-refractivity contribution in [2.24, 2.45) is 7.05 Å². The lowest BCUT2D eigenvalue weighted by Gasteiger charge is -2.06. The third-order valence-electron chi connectivity index (χ3n) is 3.99. The second kappa shape index (κ2) is 5.28. The first-order chi connectivity index (χ1) is 11.2. The fourth-order valence-electron chi connectivity index (χ4n) is 2.76. The summed E-state index contributed by atoms with van der Waals surface area (Å²) in [6.45, 7) is 0. The second-order valence-corrected chi connectivity index (χ2v) is 5.61. The normalized spacial score (nSPS) is 11.2. The van der Waals surface area contributed by atoms with Crippen molar-refractivity contribution in [2.75, 3.05) is 0 Å². The van der Waals surface area contributed by atoms with Crippen LogP contribution in [-0.2, 0) is 13.5 Å². The van der Waals surface area contributed by atoms with Gasteiger partial charge in [-0.1, -0.05) is 12.1 Å². The average Bonchev–Trinajstić information content (AvgIpc) is 3.19.